The number of hydrogen-bond acceptors (Lipinski definition) is 4. The number of fused-ring (bicyclic) bond motifs is 1. The van der Waals surface area contributed by atoms with E-state index in [0.29, 0.717) is 31.1 Å². The monoisotopic (exact) mass is 522 g/mol. The summed E-state index contributed by atoms with van der Waals surface area (Å²) in [7, 11) is -2.14. The molecule has 1 N–H and O–H groups in total. The number of hydrogen-bond donors (Lipinski definition) is 1. The molecule has 0 aliphatic carbocycles. The minimum absolute atomic E-state index is 0.0165. The number of nitrogens with one attached hydrogen (secondary N) is 1. The fourth-order valence-corrected chi connectivity index (χ4v) is 6.02. The Morgan fingerprint density at radius 2 is 1.92 bits per heavy atom. The van der Waals surface area contributed by atoms with Gasteiger partial charge in [0.2, 0.25) is 0 Å². The van der Waals surface area contributed by atoms with Crippen molar-refractivity contribution in [3.63, 3.8) is 0 Å². The molecule has 2 atom stereocenters. The van der Waals surface area contributed by atoms with Gasteiger partial charge in [0.05, 0.1) is 22.9 Å². The fraction of sp³-hybridized carbons (Fsp3) is 0.500. The van der Waals surface area contributed by atoms with Crippen LogP contribution in [0, 0.1) is 11.8 Å². The molecular formula is C26H33F3N4O2S. The lowest BCUT2D eigenvalue weighted by Gasteiger charge is -2.39. The van der Waals surface area contributed by atoms with E-state index in [4.69, 9.17) is 0 Å². The van der Waals surface area contributed by atoms with Crippen molar-refractivity contribution in [2.75, 3.05) is 25.9 Å². The Balaban J connectivity index is 1.37. The lowest BCUT2D eigenvalue weighted by molar-refractivity contribution is -0.137. The molecule has 0 spiro atoms. The molecule has 1 aromatic carbocycles. The first-order chi connectivity index (χ1) is 16.8. The van der Waals surface area contributed by atoms with Crippen molar-refractivity contribution in [1.82, 2.24) is 19.5 Å². The summed E-state index contributed by atoms with van der Waals surface area (Å²) in [6.07, 6.45) is -0.299. The third kappa shape index (κ3) is 5.92. The Bertz CT molecular complexity index is 1210. The highest BCUT2D eigenvalue weighted by Crippen LogP contribution is 2.39. The molecule has 196 valence electrons. The van der Waals surface area contributed by atoms with E-state index < -0.39 is 21.4 Å². The van der Waals surface area contributed by atoms with Gasteiger partial charge >= 0.3 is 6.18 Å². The molecule has 1 amide bonds. The number of halogens is 3. The fourth-order valence-electron chi connectivity index (χ4n) is 4.97. The summed E-state index contributed by atoms with van der Waals surface area (Å²) < 4.78 is 52.5. The average molecular weight is 523 g/mol. The van der Waals surface area contributed by atoms with E-state index in [9.17, 15) is 22.2 Å². The van der Waals surface area contributed by atoms with Crippen molar-refractivity contribution < 1.29 is 22.2 Å². The Morgan fingerprint density at radius 3 is 2.50 bits per heavy atom. The van der Waals surface area contributed by atoms with Crippen molar-refractivity contribution in [2.45, 2.75) is 45.6 Å². The maximum Gasteiger partial charge on any atom is 0.416 e. The van der Waals surface area contributed by atoms with Crippen LogP contribution in [0.3, 0.4) is 0 Å². The Kier molecular flexibility index (Phi) is 7.50. The second-order valence-electron chi connectivity index (χ2n) is 10.3. The van der Waals surface area contributed by atoms with Crippen LogP contribution in [-0.4, -0.2) is 56.1 Å². The van der Waals surface area contributed by atoms with Gasteiger partial charge in [0.15, 0.2) is 0 Å². The minimum atomic E-state index is -4.35. The van der Waals surface area contributed by atoms with Crippen molar-refractivity contribution >= 4 is 21.5 Å². The zero-order valence-corrected chi connectivity index (χ0v) is 21.7. The molecular weight excluding hydrogens is 489 g/mol. The van der Waals surface area contributed by atoms with E-state index in [2.05, 4.69) is 34.9 Å². The van der Waals surface area contributed by atoms with Crippen LogP contribution in [0.25, 0.3) is 0 Å². The number of nitrogens with zero attached hydrogens (tertiary/aromatic N) is 3. The van der Waals surface area contributed by atoms with Gasteiger partial charge in [-0.05, 0) is 53.5 Å². The van der Waals surface area contributed by atoms with Gasteiger partial charge in [0.1, 0.15) is 0 Å². The minimum Gasteiger partial charge on any atom is -0.352 e. The van der Waals surface area contributed by atoms with E-state index in [1.165, 1.54) is 12.1 Å². The molecule has 10 heteroatoms. The third-order valence-electron chi connectivity index (χ3n) is 6.92. The van der Waals surface area contributed by atoms with Crippen LogP contribution in [0.5, 0.6) is 0 Å². The van der Waals surface area contributed by atoms with Gasteiger partial charge in [0, 0.05) is 54.9 Å². The van der Waals surface area contributed by atoms with Gasteiger partial charge in [-0.2, -0.15) is 13.2 Å². The first kappa shape index (κ1) is 26.6. The summed E-state index contributed by atoms with van der Waals surface area (Å²) in [4.78, 5) is 19.6. The summed E-state index contributed by atoms with van der Waals surface area (Å²) in [6, 6.07) is 7.16. The van der Waals surface area contributed by atoms with Crippen LogP contribution in [0.2, 0.25) is 0 Å². The van der Waals surface area contributed by atoms with Gasteiger partial charge in [-0.3, -0.25) is 18.9 Å². The number of rotatable bonds is 8. The van der Waals surface area contributed by atoms with E-state index in [0.717, 1.165) is 48.5 Å². The Labute approximate surface area is 211 Å². The van der Waals surface area contributed by atoms with Crippen LogP contribution >= 0.6 is 0 Å². The van der Waals surface area contributed by atoms with E-state index in [1.54, 1.807) is 12.5 Å². The van der Waals surface area contributed by atoms with Gasteiger partial charge in [-0.1, -0.05) is 26.0 Å². The number of carbonyl (C=O) groups is 1. The zero-order chi connectivity index (χ0) is 26.3. The third-order valence-corrected chi connectivity index (χ3v) is 8.31. The second-order valence-corrected chi connectivity index (χ2v) is 12.7. The lowest BCUT2D eigenvalue weighted by Crippen LogP contribution is -2.50. The first-order valence-corrected chi connectivity index (χ1v) is 14.2. The molecule has 0 radical (unpaired) electrons. The molecule has 0 saturated carbocycles. The average Bonchev–Trinajstić information content (AvgIpc) is 3.11. The zero-order valence-electron chi connectivity index (χ0n) is 20.8. The molecule has 36 heavy (non-hydrogen) atoms. The first-order valence-electron chi connectivity index (χ1n) is 12.1. The van der Waals surface area contributed by atoms with E-state index in [-0.39, 0.29) is 17.9 Å². The summed E-state index contributed by atoms with van der Waals surface area (Å²) in [5.41, 5.74) is 2.52. The van der Waals surface area contributed by atoms with E-state index >= 15 is 0 Å². The van der Waals surface area contributed by atoms with Gasteiger partial charge in [0.25, 0.3) is 5.91 Å². The second kappa shape index (κ2) is 10.1. The van der Waals surface area contributed by atoms with Gasteiger partial charge < -0.3 is 5.32 Å². The molecule has 4 rings (SSSR count). The number of carbonyl (C=O) groups excluding carboxylic acids is 1. The predicted octanol–water partition coefficient (Wildman–Crippen LogP) is 4.13. The quantitative estimate of drug-likeness (QED) is 0.530. The molecule has 1 fully saturated rings. The van der Waals surface area contributed by atoms with Gasteiger partial charge in [-0.25, -0.2) is 4.31 Å². The Morgan fingerprint density at radius 1 is 1.25 bits per heavy atom. The summed E-state index contributed by atoms with van der Waals surface area (Å²) in [5, 5.41) is 2.96. The smallest absolute Gasteiger partial charge is 0.352 e. The number of alkyl halides is 3. The van der Waals surface area contributed by atoms with Gasteiger partial charge in [-0.15, -0.1) is 0 Å². The maximum absolute atomic E-state index is 12.9. The van der Waals surface area contributed by atoms with Crippen molar-refractivity contribution in [2.24, 2.45) is 11.8 Å². The number of pyridine rings is 1. The van der Waals surface area contributed by atoms with Crippen molar-refractivity contribution in [3.05, 3.63) is 64.5 Å². The van der Waals surface area contributed by atoms with E-state index in [1.807, 2.05) is 10.4 Å². The summed E-state index contributed by atoms with van der Waals surface area (Å²) in [6.45, 7) is 7.26. The standard InChI is InChI=1S/C26H33F3N4O2S/c1-17(2)24-23-21(16-32(24)13-18-5-7-22(8-6-18)26(27,28)29)11-20(12-31-23)25(34)30-10-9-19-14-33(15-19)36(3,4)35/h5-8,11-12,17,19,24H,3,9-10,13-16H2,1-2,4H3,(H,30,34)/t24-,36?/m0/s1. The van der Waals surface area contributed by atoms with Crippen molar-refractivity contribution in [3.8, 4) is 0 Å². The van der Waals surface area contributed by atoms with Crippen LogP contribution in [-0.2, 0) is 29.0 Å². The highest BCUT2D eigenvalue weighted by molar-refractivity contribution is 7.97. The largest absolute Gasteiger partial charge is 0.416 e. The summed E-state index contributed by atoms with van der Waals surface area (Å²) >= 11 is 0. The maximum atomic E-state index is 12.9. The number of benzene rings is 1. The molecule has 2 aromatic rings. The molecule has 1 unspecified atom stereocenters. The molecule has 1 aromatic heterocycles. The highest BCUT2D eigenvalue weighted by atomic mass is 32.2. The van der Waals surface area contributed by atoms with Crippen LogP contribution < -0.4 is 5.32 Å². The molecule has 6 nitrogen and oxygen atoms in total. The summed E-state index contributed by atoms with van der Waals surface area (Å²) in [5.74, 6) is 4.15. The SMILES string of the molecule is C=S(C)(=O)N1CC(CCNC(=O)c2cnc3c(c2)CN(Cc2ccc(C(F)(F)F)cc2)[C@H]3C(C)C)C1. The Hall–Kier alpha value is -2.43. The van der Waals surface area contributed by atoms with Crippen molar-refractivity contribution in [1.29, 1.82) is 0 Å². The number of amides is 1. The number of aromatic nitrogens is 1. The molecule has 0 bridgehead atoms. The van der Waals surface area contributed by atoms with Crippen LogP contribution in [0.15, 0.2) is 36.5 Å². The van der Waals surface area contributed by atoms with Crippen LogP contribution in [0.4, 0.5) is 13.2 Å². The lowest BCUT2D eigenvalue weighted by atomic mass is 9.98. The topological polar surface area (TPSA) is 65.5 Å². The molecule has 2 aliphatic heterocycles. The highest BCUT2D eigenvalue weighted by Gasteiger charge is 2.35. The molecule has 1 saturated heterocycles. The molecule has 2 aliphatic rings. The van der Waals surface area contributed by atoms with Crippen LogP contribution in [0.1, 0.15) is 59.1 Å². The predicted molar refractivity (Wildman–Crippen MR) is 136 cm³/mol. The molecule has 3 heterocycles. The normalized spacial score (nSPS) is 20.7.